The Balaban J connectivity index is 2.11. The molecule has 0 atom stereocenters. The summed E-state index contributed by atoms with van der Waals surface area (Å²) in [7, 11) is 0. The van der Waals surface area contributed by atoms with E-state index in [4.69, 9.17) is 4.74 Å². The van der Waals surface area contributed by atoms with Crippen LogP contribution >= 0.6 is 0 Å². The van der Waals surface area contributed by atoms with Gasteiger partial charge in [0.2, 0.25) is 0 Å². The van der Waals surface area contributed by atoms with Crippen molar-refractivity contribution in [2.45, 2.75) is 33.1 Å². The largest absolute Gasteiger partial charge is 0.457 e. The third kappa shape index (κ3) is 3.70. The van der Waals surface area contributed by atoms with Crippen LogP contribution in [0.3, 0.4) is 0 Å². The second-order valence-electron chi connectivity index (χ2n) is 4.80. The molecule has 0 fully saturated rings. The molecule has 0 saturated heterocycles. The molecule has 0 amide bonds. The molecule has 0 radical (unpaired) electrons. The fraction of sp³-hybridized carbons (Fsp3) is 0.278. The van der Waals surface area contributed by atoms with Crippen molar-refractivity contribution in [2.75, 3.05) is 0 Å². The highest BCUT2D eigenvalue weighted by Crippen LogP contribution is 2.23. The molecule has 0 saturated carbocycles. The van der Waals surface area contributed by atoms with Crippen molar-refractivity contribution in [1.82, 2.24) is 0 Å². The van der Waals surface area contributed by atoms with Gasteiger partial charge in [-0.15, -0.1) is 0 Å². The number of rotatable bonds is 6. The Hall–Kier alpha value is -2.09. The van der Waals surface area contributed by atoms with Crippen molar-refractivity contribution in [1.29, 1.82) is 0 Å². The first-order chi connectivity index (χ1) is 9.72. The Bertz CT molecular complexity index is 570. The van der Waals surface area contributed by atoms with Crippen LogP contribution in [0.15, 0.2) is 48.5 Å². The van der Waals surface area contributed by atoms with Crippen LogP contribution in [0.5, 0.6) is 11.5 Å². The van der Waals surface area contributed by atoms with E-state index in [0.29, 0.717) is 17.7 Å². The van der Waals surface area contributed by atoms with Gasteiger partial charge in [0.05, 0.1) is 0 Å². The minimum atomic E-state index is 0.133. The van der Waals surface area contributed by atoms with Crippen LogP contribution in [-0.4, -0.2) is 5.78 Å². The van der Waals surface area contributed by atoms with Crippen molar-refractivity contribution in [3.63, 3.8) is 0 Å². The molecule has 0 unspecified atom stereocenters. The SMILES string of the molecule is CCCc1ccc(Oc2cccc(C(=O)CC)c2)cc1. The number of carbonyl (C=O) groups is 1. The molecular weight excluding hydrogens is 248 g/mol. The van der Waals surface area contributed by atoms with Crippen molar-refractivity contribution in [3.8, 4) is 11.5 Å². The topological polar surface area (TPSA) is 26.3 Å². The van der Waals surface area contributed by atoms with Crippen LogP contribution in [0.25, 0.3) is 0 Å². The number of carbonyl (C=O) groups excluding carboxylic acids is 1. The summed E-state index contributed by atoms with van der Waals surface area (Å²) in [5.41, 5.74) is 2.02. The maximum absolute atomic E-state index is 11.7. The number of aryl methyl sites for hydroxylation is 1. The summed E-state index contributed by atoms with van der Waals surface area (Å²) in [6, 6.07) is 15.4. The first kappa shape index (κ1) is 14.3. The van der Waals surface area contributed by atoms with Crippen LogP contribution < -0.4 is 4.74 Å². The lowest BCUT2D eigenvalue weighted by Gasteiger charge is -2.08. The van der Waals surface area contributed by atoms with Gasteiger partial charge in [-0.2, -0.15) is 0 Å². The molecule has 2 nitrogen and oxygen atoms in total. The lowest BCUT2D eigenvalue weighted by Crippen LogP contribution is -1.96. The second kappa shape index (κ2) is 6.90. The van der Waals surface area contributed by atoms with E-state index in [2.05, 4.69) is 19.1 Å². The molecule has 2 aromatic rings. The molecule has 0 spiro atoms. The van der Waals surface area contributed by atoms with Gasteiger partial charge in [0.1, 0.15) is 11.5 Å². The molecule has 0 aliphatic carbocycles. The summed E-state index contributed by atoms with van der Waals surface area (Å²) < 4.78 is 5.79. The van der Waals surface area contributed by atoms with E-state index in [-0.39, 0.29) is 5.78 Å². The molecule has 2 aromatic carbocycles. The van der Waals surface area contributed by atoms with E-state index in [1.807, 2.05) is 37.3 Å². The van der Waals surface area contributed by atoms with Crippen LogP contribution in [-0.2, 0) is 6.42 Å². The Morgan fingerprint density at radius 2 is 1.75 bits per heavy atom. The third-order valence-electron chi connectivity index (χ3n) is 3.17. The molecule has 0 aliphatic heterocycles. The van der Waals surface area contributed by atoms with E-state index >= 15 is 0 Å². The molecule has 0 N–H and O–H groups in total. The fourth-order valence-corrected chi connectivity index (χ4v) is 2.09. The molecular formula is C18H20O2. The summed E-state index contributed by atoms with van der Waals surface area (Å²) in [6.07, 6.45) is 2.73. The smallest absolute Gasteiger partial charge is 0.162 e. The lowest BCUT2D eigenvalue weighted by atomic mass is 10.1. The Morgan fingerprint density at radius 3 is 2.40 bits per heavy atom. The summed E-state index contributed by atoms with van der Waals surface area (Å²) >= 11 is 0. The number of Topliss-reactive ketones (excluding diaryl/α,β-unsaturated/α-hetero) is 1. The van der Waals surface area contributed by atoms with Gasteiger partial charge in [0.25, 0.3) is 0 Å². The molecule has 2 heteroatoms. The van der Waals surface area contributed by atoms with Crippen LogP contribution in [0.2, 0.25) is 0 Å². The Labute approximate surface area is 120 Å². The standard InChI is InChI=1S/C18H20O2/c1-3-6-14-9-11-16(12-10-14)20-17-8-5-7-15(13-17)18(19)4-2/h5,7-13H,3-4,6H2,1-2H3. The highest BCUT2D eigenvalue weighted by Gasteiger charge is 2.05. The van der Waals surface area contributed by atoms with E-state index in [1.54, 1.807) is 6.07 Å². The maximum Gasteiger partial charge on any atom is 0.162 e. The normalized spacial score (nSPS) is 10.3. The molecule has 104 valence electrons. The molecule has 2 rings (SSSR count). The monoisotopic (exact) mass is 268 g/mol. The van der Waals surface area contributed by atoms with Gasteiger partial charge >= 0.3 is 0 Å². The molecule has 0 aliphatic rings. The van der Waals surface area contributed by atoms with Crippen LogP contribution in [0.4, 0.5) is 0 Å². The summed E-state index contributed by atoms with van der Waals surface area (Å²) in [4.78, 5) is 11.7. The van der Waals surface area contributed by atoms with E-state index in [1.165, 1.54) is 5.56 Å². The number of hydrogen-bond donors (Lipinski definition) is 0. The fourth-order valence-electron chi connectivity index (χ4n) is 2.09. The zero-order valence-electron chi connectivity index (χ0n) is 12.1. The van der Waals surface area contributed by atoms with Gasteiger partial charge in [-0.25, -0.2) is 0 Å². The highest BCUT2D eigenvalue weighted by molar-refractivity contribution is 5.96. The van der Waals surface area contributed by atoms with Gasteiger partial charge in [-0.1, -0.05) is 44.5 Å². The van der Waals surface area contributed by atoms with Gasteiger partial charge in [-0.05, 0) is 36.2 Å². The first-order valence-corrected chi connectivity index (χ1v) is 7.13. The average Bonchev–Trinajstić information content (AvgIpc) is 2.49. The Morgan fingerprint density at radius 1 is 1.00 bits per heavy atom. The molecule has 0 bridgehead atoms. The van der Waals surface area contributed by atoms with E-state index in [0.717, 1.165) is 18.6 Å². The number of hydrogen-bond acceptors (Lipinski definition) is 2. The lowest BCUT2D eigenvalue weighted by molar-refractivity contribution is 0.0988. The predicted octanol–water partition coefficient (Wildman–Crippen LogP) is 5.02. The molecule has 0 heterocycles. The van der Waals surface area contributed by atoms with Crippen molar-refractivity contribution in [2.24, 2.45) is 0 Å². The average molecular weight is 268 g/mol. The van der Waals surface area contributed by atoms with Crippen molar-refractivity contribution < 1.29 is 9.53 Å². The van der Waals surface area contributed by atoms with E-state index in [9.17, 15) is 4.79 Å². The quantitative estimate of drug-likeness (QED) is 0.687. The van der Waals surface area contributed by atoms with Crippen LogP contribution in [0, 0.1) is 0 Å². The van der Waals surface area contributed by atoms with Gasteiger partial charge in [0, 0.05) is 12.0 Å². The summed E-state index contributed by atoms with van der Waals surface area (Å²) in [5, 5.41) is 0. The zero-order valence-corrected chi connectivity index (χ0v) is 12.1. The minimum Gasteiger partial charge on any atom is -0.457 e. The van der Waals surface area contributed by atoms with Gasteiger partial charge < -0.3 is 4.74 Å². The predicted molar refractivity (Wildman–Crippen MR) is 81.6 cm³/mol. The Kier molecular flexibility index (Phi) is 4.94. The van der Waals surface area contributed by atoms with Gasteiger partial charge in [-0.3, -0.25) is 4.79 Å². The summed E-state index contributed by atoms with van der Waals surface area (Å²) in [6.45, 7) is 4.03. The third-order valence-corrected chi connectivity index (χ3v) is 3.17. The number of benzene rings is 2. The minimum absolute atomic E-state index is 0.133. The van der Waals surface area contributed by atoms with Crippen molar-refractivity contribution >= 4 is 5.78 Å². The molecule has 0 aromatic heterocycles. The number of ether oxygens (including phenoxy) is 1. The number of ketones is 1. The van der Waals surface area contributed by atoms with Crippen molar-refractivity contribution in [3.05, 3.63) is 59.7 Å². The zero-order chi connectivity index (χ0) is 14.4. The molecule has 20 heavy (non-hydrogen) atoms. The van der Waals surface area contributed by atoms with E-state index < -0.39 is 0 Å². The first-order valence-electron chi connectivity index (χ1n) is 7.13. The van der Waals surface area contributed by atoms with Gasteiger partial charge in [0.15, 0.2) is 5.78 Å². The second-order valence-corrected chi connectivity index (χ2v) is 4.80. The highest BCUT2D eigenvalue weighted by atomic mass is 16.5. The van der Waals surface area contributed by atoms with Crippen LogP contribution in [0.1, 0.15) is 42.6 Å². The maximum atomic E-state index is 11.7. The summed E-state index contributed by atoms with van der Waals surface area (Å²) in [5.74, 6) is 1.63.